The van der Waals surface area contributed by atoms with Crippen LogP contribution in [0.25, 0.3) is 28.3 Å². The Kier molecular flexibility index (Phi) is 7.29. The summed E-state index contributed by atoms with van der Waals surface area (Å²) in [6.45, 7) is 2.39. The number of benzene rings is 3. The van der Waals surface area contributed by atoms with Gasteiger partial charge in [0.2, 0.25) is 11.5 Å². The zero-order valence-electron chi connectivity index (χ0n) is 21.1. The van der Waals surface area contributed by atoms with E-state index in [2.05, 4.69) is 0 Å². The smallest absolute Gasteiger partial charge is 0.374 e. The third-order valence-electron chi connectivity index (χ3n) is 6.47. The van der Waals surface area contributed by atoms with E-state index in [4.69, 9.17) is 20.8 Å². The summed E-state index contributed by atoms with van der Waals surface area (Å²) in [5, 5.41) is 0.634. The largest absolute Gasteiger partial charge is 0.439 e. The number of fused-ring (bicyclic) bond motifs is 2. The minimum atomic E-state index is -4.07. The average molecular weight is 552 g/mol. The van der Waals surface area contributed by atoms with Crippen LogP contribution in [0.1, 0.15) is 25.7 Å². The lowest BCUT2D eigenvalue weighted by Gasteiger charge is -2.19. The summed E-state index contributed by atoms with van der Waals surface area (Å²) in [6.07, 6.45) is 4.84. The second kappa shape index (κ2) is 10.6. The highest BCUT2D eigenvalue weighted by Crippen LogP contribution is 2.42. The standard InChI is InChI=1S/C29H27ClN2O5S/c1-3-20(16-28-31(2)24-19-23(30)11-13-26(24)36-28)17-29-32(14-7-15-38(33,34)35)25-18-22(10-12-27(25)37-29)21-8-5-4-6-9-21/h4-6,8-13,16-19H,3,7,14-15H2,1-2H3/p+1. The van der Waals surface area contributed by atoms with Crippen LogP contribution in [0.3, 0.4) is 0 Å². The molecule has 0 radical (unpaired) electrons. The van der Waals surface area contributed by atoms with Crippen LogP contribution in [0, 0.1) is 0 Å². The summed E-state index contributed by atoms with van der Waals surface area (Å²) in [5.74, 6) is 1.59. The van der Waals surface area contributed by atoms with Crippen molar-refractivity contribution in [2.75, 3.05) is 17.2 Å². The van der Waals surface area contributed by atoms with Crippen LogP contribution in [0.4, 0.5) is 5.69 Å². The molecule has 0 aliphatic carbocycles. The Hall–Kier alpha value is -3.59. The molecule has 0 saturated carbocycles. The van der Waals surface area contributed by atoms with Gasteiger partial charge >= 0.3 is 5.89 Å². The van der Waals surface area contributed by atoms with Gasteiger partial charge in [-0.15, -0.1) is 0 Å². The molecule has 3 aromatic carbocycles. The lowest BCUT2D eigenvalue weighted by atomic mass is 10.0. The Morgan fingerprint density at radius 1 is 1.08 bits per heavy atom. The van der Waals surface area contributed by atoms with Crippen LogP contribution in [-0.2, 0) is 17.2 Å². The molecule has 1 N–H and O–H groups in total. The lowest BCUT2D eigenvalue weighted by Crippen LogP contribution is -2.29. The molecular formula is C29H28ClN2O5S+. The molecule has 0 saturated heterocycles. The number of aryl methyl sites for hydroxylation is 1. The van der Waals surface area contributed by atoms with Gasteiger partial charge < -0.3 is 14.1 Å². The van der Waals surface area contributed by atoms with Gasteiger partial charge in [-0.25, -0.2) is 0 Å². The minimum Gasteiger partial charge on any atom is -0.439 e. The zero-order chi connectivity index (χ0) is 26.9. The molecule has 7 nitrogen and oxygen atoms in total. The average Bonchev–Trinajstić information content (AvgIpc) is 3.39. The third kappa shape index (κ3) is 5.62. The predicted molar refractivity (Wildman–Crippen MR) is 150 cm³/mol. The maximum Gasteiger partial charge on any atom is 0.374 e. The van der Waals surface area contributed by atoms with Crippen molar-refractivity contribution >= 4 is 44.6 Å². The quantitative estimate of drug-likeness (QED) is 0.202. The molecule has 0 bridgehead atoms. The number of halogens is 1. The maximum absolute atomic E-state index is 11.4. The van der Waals surface area contributed by atoms with Gasteiger partial charge in [-0.05, 0) is 53.8 Å². The second-order valence-electron chi connectivity index (χ2n) is 9.11. The summed E-state index contributed by atoms with van der Waals surface area (Å²) in [4.78, 5) is 1.95. The summed E-state index contributed by atoms with van der Waals surface area (Å²) < 4.78 is 46.3. The van der Waals surface area contributed by atoms with E-state index < -0.39 is 10.1 Å². The molecule has 0 fully saturated rings. The number of oxazole rings is 1. The van der Waals surface area contributed by atoms with Gasteiger partial charge in [0.1, 0.15) is 7.05 Å². The summed E-state index contributed by atoms with van der Waals surface area (Å²) in [7, 11) is -2.15. The molecule has 1 aromatic heterocycles. The molecule has 0 unspecified atom stereocenters. The van der Waals surface area contributed by atoms with Crippen molar-refractivity contribution in [1.29, 1.82) is 0 Å². The van der Waals surface area contributed by atoms with E-state index in [-0.39, 0.29) is 12.2 Å². The maximum atomic E-state index is 11.4. The van der Waals surface area contributed by atoms with Crippen LogP contribution in [0.2, 0.25) is 5.02 Å². The van der Waals surface area contributed by atoms with Gasteiger partial charge in [-0.1, -0.05) is 54.9 Å². The summed E-state index contributed by atoms with van der Waals surface area (Å²) in [5.41, 5.74) is 5.50. The molecule has 38 heavy (non-hydrogen) atoms. The number of aromatic nitrogens is 1. The van der Waals surface area contributed by atoms with E-state index in [1.165, 1.54) is 0 Å². The first-order valence-corrected chi connectivity index (χ1v) is 14.3. The second-order valence-corrected chi connectivity index (χ2v) is 11.1. The van der Waals surface area contributed by atoms with E-state index in [1.54, 1.807) is 6.07 Å². The number of ether oxygens (including phenoxy) is 1. The Balaban J connectivity index is 1.52. The van der Waals surface area contributed by atoms with E-state index in [1.807, 2.05) is 96.3 Å². The van der Waals surface area contributed by atoms with Crippen LogP contribution >= 0.6 is 11.6 Å². The van der Waals surface area contributed by atoms with Gasteiger partial charge in [0, 0.05) is 23.7 Å². The molecule has 4 aromatic rings. The van der Waals surface area contributed by atoms with Crippen molar-refractivity contribution in [2.24, 2.45) is 7.05 Å². The van der Waals surface area contributed by atoms with Crippen LogP contribution < -0.4 is 14.2 Å². The normalized spacial score (nSPS) is 14.8. The third-order valence-corrected chi connectivity index (χ3v) is 7.51. The van der Waals surface area contributed by atoms with Crippen molar-refractivity contribution in [3.63, 3.8) is 0 Å². The number of anilines is 1. The van der Waals surface area contributed by atoms with Crippen molar-refractivity contribution in [3.05, 3.63) is 95.2 Å². The van der Waals surface area contributed by atoms with Gasteiger partial charge in [-0.2, -0.15) is 13.0 Å². The highest BCUT2D eigenvalue weighted by Gasteiger charge is 2.27. The van der Waals surface area contributed by atoms with E-state index in [0.29, 0.717) is 35.5 Å². The van der Waals surface area contributed by atoms with Crippen LogP contribution in [0.5, 0.6) is 5.75 Å². The van der Waals surface area contributed by atoms with E-state index in [0.717, 1.165) is 33.5 Å². The molecule has 2 heterocycles. The molecule has 0 spiro atoms. The predicted octanol–water partition coefficient (Wildman–Crippen LogP) is 6.39. The van der Waals surface area contributed by atoms with Gasteiger partial charge in [0.25, 0.3) is 15.6 Å². The SMILES string of the molecule is CCC(=Cc1oc2ccc(Cl)cc2[n+]1C)C=C1Oc2ccc(-c3ccccc3)cc2N1CCCS(=O)(=O)O. The fraction of sp³-hybridized carbons (Fsp3) is 0.207. The van der Waals surface area contributed by atoms with Crippen LogP contribution in [0.15, 0.2) is 88.7 Å². The number of rotatable bonds is 8. The number of allylic oxidation sites excluding steroid dienone is 2. The van der Waals surface area contributed by atoms with Gasteiger partial charge in [0.05, 0.1) is 17.5 Å². The molecule has 0 atom stereocenters. The molecule has 5 rings (SSSR count). The van der Waals surface area contributed by atoms with Crippen molar-refractivity contribution in [2.45, 2.75) is 19.8 Å². The Morgan fingerprint density at radius 2 is 1.87 bits per heavy atom. The fourth-order valence-electron chi connectivity index (χ4n) is 4.48. The molecule has 0 amide bonds. The molecule has 196 valence electrons. The van der Waals surface area contributed by atoms with Crippen molar-refractivity contribution in [1.82, 2.24) is 0 Å². The highest BCUT2D eigenvalue weighted by molar-refractivity contribution is 7.85. The topological polar surface area (TPSA) is 83.9 Å². The Labute approximate surface area is 227 Å². The van der Waals surface area contributed by atoms with Crippen LogP contribution in [-0.4, -0.2) is 25.3 Å². The van der Waals surface area contributed by atoms with Crippen molar-refractivity contribution < 1.29 is 26.7 Å². The van der Waals surface area contributed by atoms with Gasteiger partial charge in [-0.3, -0.25) is 4.55 Å². The van der Waals surface area contributed by atoms with Gasteiger partial charge in [0.15, 0.2) is 5.75 Å². The molecule has 9 heteroatoms. The summed E-state index contributed by atoms with van der Waals surface area (Å²) >= 11 is 6.17. The highest BCUT2D eigenvalue weighted by atomic mass is 35.5. The Morgan fingerprint density at radius 3 is 2.61 bits per heavy atom. The lowest BCUT2D eigenvalue weighted by molar-refractivity contribution is -0.652. The fourth-order valence-corrected chi connectivity index (χ4v) is 5.14. The minimum absolute atomic E-state index is 0.235. The van der Waals surface area contributed by atoms with E-state index in [9.17, 15) is 13.0 Å². The molecule has 1 aliphatic rings. The summed E-state index contributed by atoms with van der Waals surface area (Å²) in [6, 6.07) is 21.5. The zero-order valence-corrected chi connectivity index (χ0v) is 22.7. The number of hydrogen-bond donors (Lipinski definition) is 1. The Bertz CT molecular complexity index is 1660. The first-order chi connectivity index (χ1) is 18.2. The first kappa shape index (κ1) is 26.0. The molecular weight excluding hydrogens is 524 g/mol. The first-order valence-electron chi connectivity index (χ1n) is 12.3. The number of hydrogen-bond acceptors (Lipinski definition) is 5. The number of nitrogens with zero attached hydrogens (tertiary/aromatic N) is 2. The van der Waals surface area contributed by atoms with E-state index >= 15 is 0 Å². The van der Waals surface area contributed by atoms with Crippen molar-refractivity contribution in [3.8, 4) is 16.9 Å². The monoisotopic (exact) mass is 551 g/mol. The molecule has 1 aliphatic heterocycles.